The minimum Gasteiger partial charge on any atom is -0.462 e. The quantitative estimate of drug-likeness (QED) is 0.780. The van der Waals surface area contributed by atoms with Crippen molar-refractivity contribution in [2.75, 3.05) is 11.9 Å². The standard InChI is InChI=1S/C11H14N2O/c1-8(12)6-13-10-7-14-11-5-3-2-4-9(10)11/h2-5,7-8,13H,6,12H2,1H3. The van der Waals surface area contributed by atoms with Gasteiger partial charge in [0.1, 0.15) is 11.8 Å². The van der Waals surface area contributed by atoms with E-state index in [1.54, 1.807) is 6.26 Å². The van der Waals surface area contributed by atoms with Crippen molar-refractivity contribution in [3.8, 4) is 0 Å². The second kappa shape index (κ2) is 3.72. The molecule has 0 fully saturated rings. The second-order valence-electron chi connectivity index (χ2n) is 3.50. The first kappa shape index (κ1) is 9.09. The van der Waals surface area contributed by atoms with Gasteiger partial charge in [0.05, 0.1) is 5.69 Å². The summed E-state index contributed by atoms with van der Waals surface area (Å²) in [5, 5.41) is 4.35. The van der Waals surface area contributed by atoms with E-state index in [1.165, 1.54) is 0 Å². The number of furan rings is 1. The fourth-order valence-electron chi connectivity index (χ4n) is 1.39. The van der Waals surface area contributed by atoms with Crippen LogP contribution in [0.4, 0.5) is 5.69 Å². The van der Waals surface area contributed by atoms with Gasteiger partial charge in [0, 0.05) is 18.0 Å². The van der Waals surface area contributed by atoms with Gasteiger partial charge < -0.3 is 15.5 Å². The van der Waals surface area contributed by atoms with Crippen LogP contribution in [0.1, 0.15) is 6.92 Å². The average molecular weight is 190 g/mol. The van der Waals surface area contributed by atoms with Crippen LogP contribution in [0.3, 0.4) is 0 Å². The molecule has 14 heavy (non-hydrogen) atoms. The molecule has 3 N–H and O–H groups in total. The van der Waals surface area contributed by atoms with E-state index in [1.807, 2.05) is 31.2 Å². The average Bonchev–Trinajstić information content (AvgIpc) is 2.58. The van der Waals surface area contributed by atoms with Gasteiger partial charge in [-0.1, -0.05) is 12.1 Å². The fraction of sp³-hybridized carbons (Fsp3) is 0.273. The summed E-state index contributed by atoms with van der Waals surface area (Å²) in [6, 6.07) is 8.08. The van der Waals surface area contributed by atoms with Crippen LogP contribution in [0, 0.1) is 0 Å². The van der Waals surface area contributed by atoms with Gasteiger partial charge >= 0.3 is 0 Å². The maximum Gasteiger partial charge on any atom is 0.136 e. The second-order valence-corrected chi connectivity index (χ2v) is 3.50. The Kier molecular flexibility index (Phi) is 2.41. The van der Waals surface area contributed by atoms with E-state index < -0.39 is 0 Å². The van der Waals surface area contributed by atoms with Crippen molar-refractivity contribution in [1.82, 2.24) is 0 Å². The molecule has 1 unspecified atom stereocenters. The molecule has 1 aromatic heterocycles. The van der Waals surface area contributed by atoms with Crippen molar-refractivity contribution in [2.24, 2.45) is 5.73 Å². The van der Waals surface area contributed by atoms with E-state index in [9.17, 15) is 0 Å². The maximum atomic E-state index is 5.66. The summed E-state index contributed by atoms with van der Waals surface area (Å²) in [6.45, 7) is 2.72. The first-order valence-electron chi connectivity index (χ1n) is 4.73. The molecule has 2 rings (SSSR count). The molecule has 0 radical (unpaired) electrons. The molecule has 0 aliphatic carbocycles. The topological polar surface area (TPSA) is 51.2 Å². The molecule has 1 atom stereocenters. The molecule has 0 saturated heterocycles. The van der Waals surface area contributed by atoms with Crippen LogP contribution >= 0.6 is 0 Å². The van der Waals surface area contributed by atoms with E-state index >= 15 is 0 Å². The predicted octanol–water partition coefficient (Wildman–Crippen LogP) is 2.19. The third kappa shape index (κ3) is 1.72. The molecular formula is C11H14N2O. The number of fused-ring (bicyclic) bond motifs is 1. The van der Waals surface area contributed by atoms with E-state index in [0.29, 0.717) is 0 Å². The molecule has 0 aliphatic heterocycles. The number of para-hydroxylation sites is 1. The highest BCUT2D eigenvalue weighted by atomic mass is 16.3. The van der Waals surface area contributed by atoms with Crippen LogP contribution in [0.25, 0.3) is 11.0 Å². The summed E-state index contributed by atoms with van der Waals surface area (Å²) in [5.74, 6) is 0. The number of hydrogen-bond donors (Lipinski definition) is 2. The Labute approximate surface area is 82.9 Å². The molecule has 1 heterocycles. The highest BCUT2D eigenvalue weighted by Crippen LogP contribution is 2.24. The summed E-state index contributed by atoms with van der Waals surface area (Å²) >= 11 is 0. The molecule has 3 nitrogen and oxygen atoms in total. The van der Waals surface area contributed by atoms with Crippen molar-refractivity contribution in [2.45, 2.75) is 13.0 Å². The smallest absolute Gasteiger partial charge is 0.136 e. The Morgan fingerprint density at radius 1 is 1.43 bits per heavy atom. The Balaban J connectivity index is 2.25. The molecule has 2 aromatic rings. The Morgan fingerprint density at radius 2 is 2.21 bits per heavy atom. The van der Waals surface area contributed by atoms with Crippen molar-refractivity contribution >= 4 is 16.7 Å². The van der Waals surface area contributed by atoms with Crippen molar-refractivity contribution in [1.29, 1.82) is 0 Å². The van der Waals surface area contributed by atoms with Crippen molar-refractivity contribution in [3.05, 3.63) is 30.5 Å². The molecule has 0 bridgehead atoms. The third-order valence-electron chi connectivity index (χ3n) is 2.10. The highest BCUT2D eigenvalue weighted by Gasteiger charge is 2.04. The fourth-order valence-corrected chi connectivity index (χ4v) is 1.39. The highest BCUT2D eigenvalue weighted by molar-refractivity contribution is 5.90. The first-order valence-corrected chi connectivity index (χ1v) is 4.73. The SMILES string of the molecule is CC(N)CNc1coc2ccccc12. The lowest BCUT2D eigenvalue weighted by molar-refractivity contribution is 0.616. The van der Waals surface area contributed by atoms with Gasteiger partial charge in [0.25, 0.3) is 0 Å². The van der Waals surface area contributed by atoms with Gasteiger partial charge in [0.15, 0.2) is 0 Å². The molecule has 1 aromatic carbocycles. The number of nitrogens with two attached hydrogens (primary N) is 1. The van der Waals surface area contributed by atoms with Crippen molar-refractivity contribution < 1.29 is 4.42 Å². The van der Waals surface area contributed by atoms with Gasteiger partial charge in [-0.2, -0.15) is 0 Å². The number of rotatable bonds is 3. The minimum absolute atomic E-state index is 0.142. The van der Waals surface area contributed by atoms with Crippen molar-refractivity contribution in [3.63, 3.8) is 0 Å². The van der Waals surface area contributed by atoms with E-state index in [2.05, 4.69) is 5.32 Å². The van der Waals surface area contributed by atoms with Crippen LogP contribution in [-0.4, -0.2) is 12.6 Å². The van der Waals surface area contributed by atoms with Gasteiger partial charge in [-0.05, 0) is 19.1 Å². The normalized spacial score (nSPS) is 13.0. The zero-order valence-electron chi connectivity index (χ0n) is 8.16. The van der Waals surface area contributed by atoms with Crippen LogP contribution in [0.2, 0.25) is 0 Å². The number of nitrogens with one attached hydrogen (secondary N) is 1. The minimum atomic E-state index is 0.142. The van der Waals surface area contributed by atoms with E-state index in [4.69, 9.17) is 10.2 Å². The first-order chi connectivity index (χ1) is 6.77. The number of benzene rings is 1. The number of hydrogen-bond acceptors (Lipinski definition) is 3. The zero-order chi connectivity index (χ0) is 9.97. The zero-order valence-corrected chi connectivity index (χ0v) is 8.16. The van der Waals surface area contributed by atoms with Crippen LogP contribution in [-0.2, 0) is 0 Å². The molecule has 0 amide bonds. The van der Waals surface area contributed by atoms with Gasteiger partial charge in [-0.3, -0.25) is 0 Å². The predicted molar refractivity (Wildman–Crippen MR) is 58.4 cm³/mol. The van der Waals surface area contributed by atoms with Crippen LogP contribution < -0.4 is 11.1 Å². The van der Waals surface area contributed by atoms with Gasteiger partial charge in [-0.15, -0.1) is 0 Å². The Morgan fingerprint density at radius 3 is 3.00 bits per heavy atom. The largest absolute Gasteiger partial charge is 0.462 e. The third-order valence-corrected chi connectivity index (χ3v) is 2.10. The molecule has 0 spiro atoms. The lowest BCUT2D eigenvalue weighted by atomic mass is 10.2. The lowest BCUT2D eigenvalue weighted by Gasteiger charge is -2.06. The summed E-state index contributed by atoms with van der Waals surface area (Å²) < 4.78 is 5.38. The van der Waals surface area contributed by atoms with E-state index in [-0.39, 0.29) is 6.04 Å². The Hall–Kier alpha value is -1.48. The van der Waals surface area contributed by atoms with Gasteiger partial charge in [0.2, 0.25) is 0 Å². The van der Waals surface area contributed by atoms with Crippen LogP contribution in [0.15, 0.2) is 34.9 Å². The van der Waals surface area contributed by atoms with Gasteiger partial charge in [-0.25, -0.2) is 0 Å². The number of anilines is 1. The van der Waals surface area contributed by atoms with E-state index in [0.717, 1.165) is 23.2 Å². The molecule has 3 heteroatoms. The Bertz CT molecular complexity index is 420. The molecule has 74 valence electrons. The summed E-state index contributed by atoms with van der Waals surface area (Å²) in [7, 11) is 0. The molecule has 0 saturated carbocycles. The van der Waals surface area contributed by atoms with Crippen LogP contribution in [0.5, 0.6) is 0 Å². The lowest BCUT2D eigenvalue weighted by Crippen LogP contribution is -2.24. The monoisotopic (exact) mass is 190 g/mol. The molecule has 0 aliphatic rings. The summed E-state index contributed by atoms with van der Waals surface area (Å²) in [4.78, 5) is 0. The maximum absolute atomic E-state index is 5.66. The summed E-state index contributed by atoms with van der Waals surface area (Å²) in [5.41, 5.74) is 7.57. The summed E-state index contributed by atoms with van der Waals surface area (Å²) in [6.07, 6.45) is 1.73. The molecular weight excluding hydrogens is 176 g/mol.